The van der Waals surface area contributed by atoms with Gasteiger partial charge in [0.25, 0.3) is 0 Å². The summed E-state index contributed by atoms with van der Waals surface area (Å²) in [5.41, 5.74) is 2.31. The molecule has 2 N–H and O–H groups in total. The highest BCUT2D eigenvalue weighted by atomic mass is 16.5. The van der Waals surface area contributed by atoms with Crippen molar-refractivity contribution < 1.29 is 9.47 Å². The molecule has 1 aliphatic carbocycles. The van der Waals surface area contributed by atoms with Crippen molar-refractivity contribution in [3.8, 4) is 5.75 Å². The molecule has 0 aliphatic heterocycles. The van der Waals surface area contributed by atoms with Crippen LogP contribution in [0.15, 0.2) is 23.2 Å². The smallest absolute Gasteiger partial charge is 0.191 e. The Balaban J connectivity index is 1.99. The Hall–Kier alpha value is -1.75. The molecule has 1 aromatic rings. The van der Waals surface area contributed by atoms with Crippen LogP contribution >= 0.6 is 0 Å². The fraction of sp³-hybridized carbons (Fsp3) is 0.632. The molecule has 1 aromatic carbocycles. The average Bonchev–Trinajstić information content (AvgIpc) is 3.25. The quantitative estimate of drug-likeness (QED) is 0.414. The van der Waals surface area contributed by atoms with Crippen LogP contribution in [0.5, 0.6) is 5.75 Å². The van der Waals surface area contributed by atoms with Crippen LogP contribution in [0.3, 0.4) is 0 Å². The van der Waals surface area contributed by atoms with Crippen LogP contribution < -0.4 is 15.4 Å². The molecular weight excluding hydrogens is 302 g/mol. The molecule has 134 valence electrons. The van der Waals surface area contributed by atoms with Crippen molar-refractivity contribution in [3.05, 3.63) is 29.3 Å². The minimum Gasteiger partial charge on any atom is -0.493 e. The summed E-state index contributed by atoms with van der Waals surface area (Å²) in [5.74, 6) is 2.55. The first-order chi connectivity index (χ1) is 11.6. The molecule has 5 heteroatoms. The fourth-order valence-electron chi connectivity index (χ4n) is 2.50. The SMILES string of the molecule is CCNC(=NCc1ccc(C)cc1OCCCOC)NC1CC1C. The van der Waals surface area contributed by atoms with Crippen LogP contribution in [0.2, 0.25) is 0 Å². The topological polar surface area (TPSA) is 54.9 Å². The molecule has 0 saturated heterocycles. The largest absolute Gasteiger partial charge is 0.493 e. The minimum absolute atomic E-state index is 0.561. The van der Waals surface area contributed by atoms with Gasteiger partial charge in [0, 0.05) is 38.3 Å². The Kier molecular flexibility index (Phi) is 7.37. The summed E-state index contributed by atoms with van der Waals surface area (Å²) in [5, 5.41) is 6.80. The summed E-state index contributed by atoms with van der Waals surface area (Å²) in [7, 11) is 1.71. The van der Waals surface area contributed by atoms with Gasteiger partial charge in [0.05, 0.1) is 13.2 Å². The monoisotopic (exact) mass is 333 g/mol. The second-order valence-electron chi connectivity index (χ2n) is 6.46. The zero-order chi connectivity index (χ0) is 17.4. The third kappa shape index (κ3) is 6.04. The van der Waals surface area contributed by atoms with E-state index in [4.69, 9.17) is 14.5 Å². The van der Waals surface area contributed by atoms with Gasteiger partial charge in [-0.3, -0.25) is 0 Å². The summed E-state index contributed by atoms with van der Waals surface area (Å²) in [6, 6.07) is 6.86. The van der Waals surface area contributed by atoms with E-state index >= 15 is 0 Å². The van der Waals surface area contributed by atoms with E-state index < -0.39 is 0 Å². The number of guanidine groups is 1. The Labute approximate surface area is 145 Å². The van der Waals surface area contributed by atoms with E-state index in [0.717, 1.165) is 36.2 Å². The number of aliphatic imine (C=N–C) groups is 1. The van der Waals surface area contributed by atoms with Crippen LogP contribution in [-0.2, 0) is 11.3 Å². The molecule has 2 unspecified atom stereocenters. The lowest BCUT2D eigenvalue weighted by Gasteiger charge is -2.13. The number of benzene rings is 1. The van der Waals surface area contributed by atoms with Crippen LogP contribution in [-0.4, -0.2) is 38.9 Å². The minimum atomic E-state index is 0.561. The van der Waals surface area contributed by atoms with Gasteiger partial charge >= 0.3 is 0 Å². The molecule has 24 heavy (non-hydrogen) atoms. The van der Waals surface area contributed by atoms with Gasteiger partial charge in [-0.25, -0.2) is 4.99 Å². The molecule has 1 fully saturated rings. The first-order valence-electron chi connectivity index (χ1n) is 8.90. The zero-order valence-electron chi connectivity index (χ0n) is 15.4. The van der Waals surface area contributed by atoms with E-state index in [1.807, 2.05) is 0 Å². The number of aryl methyl sites for hydroxylation is 1. The van der Waals surface area contributed by atoms with Crippen molar-refractivity contribution in [2.45, 2.75) is 46.2 Å². The van der Waals surface area contributed by atoms with Gasteiger partial charge < -0.3 is 20.1 Å². The lowest BCUT2D eigenvalue weighted by molar-refractivity contribution is 0.172. The molecular formula is C19H31N3O2. The molecule has 0 spiro atoms. The van der Waals surface area contributed by atoms with E-state index in [-0.39, 0.29) is 0 Å². The first-order valence-corrected chi connectivity index (χ1v) is 8.90. The number of nitrogens with one attached hydrogen (secondary N) is 2. The lowest BCUT2D eigenvalue weighted by atomic mass is 10.1. The molecule has 0 heterocycles. The number of nitrogens with zero attached hydrogens (tertiary/aromatic N) is 1. The van der Waals surface area contributed by atoms with Crippen molar-refractivity contribution in [3.63, 3.8) is 0 Å². The van der Waals surface area contributed by atoms with E-state index in [0.29, 0.717) is 25.8 Å². The summed E-state index contributed by atoms with van der Waals surface area (Å²) < 4.78 is 11.0. The van der Waals surface area contributed by atoms with Gasteiger partial charge in [-0.15, -0.1) is 0 Å². The summed E-state index contributed by atoms with van der Waals surface area (Å²) in [6.45, 7) is 9.27. The number of rotatable bonds is 9. The van der Waals surface area contributed by atoms with Crippen molar-refractivity contribution in [2.75, 3.05) is 26.9 Å². The van der Waals surface area contributed by atoms with E-state index in [9.17, 15) is 0 Å². The Morgan fingerprint density at radius 2 is 2.12 bits per heavy atom. The van der Waals surface area contributed by atoms with Gasteiger partial charge in [0.2, 0.25) is 0 Å². The van der Waals surface area contributed by atoms with Crippen LogP contribution in [0.4, 0.5) is 0 Å². The first kappa shape index (κ1) is 18.6. The molecule has 0 bridgehead atoms. The van der Waals surface area contributed by atoms with Crippen LogP contribution in [0.1, 0.15) is 37.8 Å². The molecule has 1 aliphatic rings. The molecule has 5 nitrogen and oxygen atoms in total. The molecule has 1 saturated carbocycles. The van der Waals surface area contributed by atoms with Crippen molar-refractivity contribution in [2.24, 2.45) is 10.9 Å². The number of hydrogen-bond acceptors (Lipinski definition) is 3. The Morgan fingerprint density at radius 1 is 1.33 bits per heavy atom. The van der Waals surface area contributed by atoms with Gasteiger partial charge in [-0.1, -0.05) is 19.1 Å². The predicted molar refractivity (Wildman–Crippen MR) is 98.7 cm³/mol. The molecule has 0 radical (unpaired) electrons. The summed E-state index contributed by atoms with van der Waals surface area (Å²) in [6.07, 6.45) is 2.11. The molecule has 2 rings (SSSR count). The second-order valence-corrected chi connectivity index (χ2v) is 6.46. The Morgan fingerprint density at radius 3 is 2.79 bits per heavy atom. The highest BCUT2D eigenvalue weighted by Gasteiger charge is 2.33. The van der Waals surface area contributed by atoms with E-state index in [1.165, 1.54) is 12.0 Å². The third-order valence-electron chi connectivity index (χ3n) is 4.16. The number of methoxy groups -OCH3 is 1. The van der Waals surface area contributed by atoms with E-state index in [1.54, 1.807) is 7.11 Å². The predicted octanol–water partition coefficient (Wildman–Crippen LogP) is 2.87. The highest BCUT2D eigenvalue weighted by Crippen LogP contribution is 2.28. The molecule has 2 atom stereocenters. The summed E-state index contributed by atoms with van der Waals surface area (Å²) in [4.78, 5) is 4.72. The maximum absolute atomic E-state index is 5.93. The standard InChI is InChI=1S/C19H31N3O2/c1-5-20-19(22-17-12-15(17)3)21-13-16-8-7-14(2)11-18(16)24-10-6-9-23-4/h7-8,11,15,17H,5-6,9-10,12-13H2,1-4H3,(H2,20,21,22). The number of ether oxygens (including phenoxy) is 2. The van der Waals surface area contributed by atoms with Crippen molar-refractivity contribution >= 4 is 5.96 Å². The second kappa shape index (κ2) is 9.52. The van der Waals surface area contributed by atoms with Gasteiger partial charge in [0.1, 0.15) is 5.75 Å². The number of hydrogen-bond donors (Lipinski definition) is 2. The molecule has 0 amide bonds. The van der Waals surface area contributed by atoms with Crippen molar-refractivity contribution in [1.29, 1.82) is 0 Å². The molecule has 0 aromatic heterocycles. The van der Waals surface area contributed by atoms with Gasteiger partial charge in [-0.2, -0.15) is 0 Å². The van der Waals surface area contributed by atoms with Crippen LogP contribution in [0, 0.1) is 12.8 Å². The fourth-order valence-corrected chi connectivity index (χ4v) is 2.50. The third-order valence-corrected chi connectivity index (χ3v) is 4.16. The highest BCUT2D eigenvalue weighted by molar-refractivity contribution is 5.80. The van der Waals surface area contributed by atoms with Crippen molar-refractivity contribution in [1.82, 2.24) is 10.6 Å². The van der Waals surface area contributed by atoms with Crippen LogP contribution in [0.25, 0.3) is 0 Å². The Bertz CT molecular complexity index is 545. The maximum Gasteiger partial charge on any atom is 0.191 e. The van der Waals surface area contributed by atoms with E-state index in [2.05, 4.69) is 49.6 Å². The lowest BCUT2D eigenvalue weighted by Crippen LogP contribution is -2.39. The zero-order valence-corrected chi connectivity index (χ0v) is 15.4. The normalized spacial score (nSPS) is 19.9. The average molecular weight is 333 g/mol. The maximum atomic E-state index is 5.93. The van der Waals surface area contributed by atoms with Gasteiger partial charge in [-0.05, 0) is 37.8 Å². The summed E-state index contributed by atoms with van der Waals surface area (Å²) >= 11 is 0. The van der Waals surface area contributed by atoms with Gasteiger partial charge in [0.15, 0.2) is 5.96 Å².